The normalized spacial score (nSPS) is 25.6. The van der Waals surface area contributed by atoms with Gasteiger partial charge in [0.15, 0.2) is 0 Å². The van der Waals surface area contributed by atoms with Gasteiger partial charge in [0, 0.05) is 12.3 Å². The molecular weight excluding hydrogens is 136 g/mol. The third-order valence-electron chi connectivity index (χ3n) is 2.15. The molecule has 1 atom stereocenters. The van der Waals surface area contributed by atoms with E-state index in [0.29, 0.717) is 11.6 Å². The van der Waals surface area contributed by atoms with Crippen LogP contribution in [0.2, 0.25) is 0 Å². The van der Waals surface area contributed by atoms with Crippen molar-refractivity contribution < 1.29 is 0 Å². The van der Waals surface area contributed by atoms with E-state index in [-0.39, 0.29) is 0 Å². The molecule has 0 amide bonds. The summed E-state index contributed by atoms with van der Waals surface area (Å²) in [7, 11) is 0. The van der Waals surface area contributed by atoms with E-state index in [1.165, 1.54) is 12.0 Å². The molecule has 1 aliphatic heterocycles. The smallest absolute Gasteiger partial charge is 0.0282 e. The molecule has 1 aliphatic rings. The zero-order valence-corrected chi connectivity index (χ0v) is 7.28. The first-order valence-electron chi connectivity index (χ1n) is 4.14. The quantitative estimate of drug-likeness (QED) is 0.579. The molecule has 2 N–H and O–H groups in total. The molecule has 0 aliphatic carbocycles. The number of hydrogen-bond acceptors (Lipinski definition) is 2. The lowest BCUT2D eigenvalue weighted by Crippen LogP contribution is -2.10. The van der Waals surface area contributed by atoms with Crippen LogP contribution in [0.25, 0.3) is 0 Å². The van der Waals surface area contributed by atoms with Crippen molar-refractivity contribution in [2.24, 2.45) is 5.92 Å². The summed E-state index contributed by atoms with van der Waals surface area (Å²) in [5.74, 6) is 0.676. The lowest BCUT2D eigenvalue weighted by molar-refractivity contribution is 0.682. The Morgan fingerprint density at radius 1 is 1.55 bits per heavy atom. The molecule has 2 heteroatoms. The van der Waals surface area contributed by atoms with Crippen LogP contribution in [0.4, 0.5) is 0 Å². The van der Waals surface area contributed by atoms with Crippen molar-refractivity contribution in [3.8, 4) is 0 Å². The van der Waals surface area contributed by atoms with Crippen molar-refractivity contribution in [1.29, 1.82) is 5.41 Å². The van der Waals surface area contributed by atoms with E-state index in [2.05, 4.69) is 12.2 Å². The predicted octanol–water partition coefficient (Wildman–Crippen LogP) is 1.58. The second-order valence-corrected chi connectivity index (χ2v) is 3.26. The van der Waals surface area contributed by atoms with Crippen LogP contribution < -0.4 is 5.32 Å². The highest BCUT2D eigenvalue weighted by Gasteiger charge is 2.15. The van der Waals surface area contributed by atoms with E-state index in [9.17, 15) is 0 Å². The number of rotatable bonds is 2. The van der Waals surface area contributed by atoms with E-state index in [1.54, 1.807) is 0 Å². The fourth-order valence-electron chi connectivity index (χ4n) is 1.50. The highest BCUT2D eigenvalue weighted by Crippen LogP contribution is 2.17. The maximum atomic E-state index is 7.29. The molecule has 1 unspecified atom stereocenters. The summed E-state index contributed by atoms with van der Waals surface area (Å²) in [5, 5.41) is 10.6. The van der Waals surface area contributed by atoms with Gasteiger partial charge in [0.1, 0.15) is 0 Å². The van der Waals surface area contributed by atoms with E-state index in [4.69, 9.17) is 5.41 Å². The molecule has 0 aromatic rings. The van der Waals surface area contributed by atoms with Gasteiger partial charge in [0.2, 0.25) is 0 Å². The zero-order chi connectivity index (χ0) is 8.27. The van der Waals surface area contributed by atoms with Crippen molar-refractivity contribution in [2.45, 2.75) is 20.3 Å². The first-order chi connectivity index (χ1) is 5.20. The van der Waals surface area contributed by atoms with E-state index in [0.717, 1.165) is 13.1 Å². The number of nitrogens with one attached hydrogen (secondary N) is 2. The first kappa shape index (κ1) is 8.47. The molecule has 62 valence electrons. The fraction of sp³-hybridized carbons (Fsp3) is 0.667. The van der Waals surface area contributed by atoms with Crippen LogP contribution in [0.3, 0.4) is 0 Å². The van der Waals surface area contributed by atoms with Gasteiger partial charge in [-0.3, -0.25) is 0 Å². The van der Waals surface area contributed by atoms with Gasteiger partial charge in [0.05, 0.1) is 0 Å². The second kappa shape index (κ2) is 3.67. The molecule has 0 spiro atoms. The van der Waals surface area contributed by atoms with Gasteiger partial charge < -0.3 is 10.7 Å². The third-order valence-corrected chi connectivity index (χ3v) is 2.15. The van der Waals surface area contributed by atoms with Crippen LogP contribution in [0.5, 0.6) is 0 Å². The van der Waals surface area contributed by atoms with Gasteiger partial charge in [-0.2, -0.15) is 0 Å². The van der Waals surface area contributed by atoms with E-state index in [1.807, 2.05) is 13.0 Å². The Kier molecular flexibility index (Phi) is 2.83. The van der Waals surface area contributed by atoms with Gasteiger partial charge in [-0.1, -0.05) is 5.57 Å². The van der Waals surface area contributed by atoms with Crippen molar-refractivity contribution in [1.82, 2.24) is 5.32 Å². The zero-order valence-electron chi connectivity index (χ0n) is 7.28. The fourth-order valence-corrected chi connectivity index (χ4v) is 1.50. The molecule has 0 aromatic heterocycles. The molecule has 2 nitrogen and oxygen atoms in total. The minimum atomic E-state index is 0.661. The molecule has 1 rings (SSSR count). The highest BCUT2D eigenvalue weighted by molar-refractivity contribution is 5.90. The van der Waals surface area contributed by atoms with E-state index < -0.39 is 0 Å². The minimum absolute atomic E-state index is 0.661. The monoisotopic (exact) mass is 152 g/mol. The number of hydrogen-bond donors (Lipinski definition) is 2. The molecular formula is C9H16N2. The Balaban J connectivity index is 2.51. The average Bonchev–Trinajstić information content (AvgIpc) is 2.35. The van der Waals surface area contributed by atoms with Crippen LogP contribution in [0, 0.1) is 11.3 Å². The van der Waals surface area contributed by atoms with Crippen LogP contribution in [0.1, 0.15) is 20.3 Å². The summed E-state index contributed by atoms with van der Waals surface area (Å²) in [5.41, 5.74) is 2.01. The Hall–Kier alpha value is -0.630. The summed E-state index contributed by atoms with van der Waals surface area (Å²) in [6.45, 7) is 6.17. The largest absolute Gasteiger partial charge is 0.316 e. The topological polar surface area (TPSA) is 35.9 Å². The molecule has 0 bridgehead atoms. The molecule has 0 saturated carbocycles. The minimum Gasteiger partial charge on any atom is -0.316 e. The van der Waals surface area contributed by atoms with Gasteiger partial charge in [0.25, 0.3) is 0 Å². The van der Waals surface area contributed by atoms with Crippen LogP contribution >= 0.6 is 0 Å². The van der Waals surface area contributed by atoms with Gasteiger partial charge in [-0.05, 0) is 38.8 Å². The van der Waals surface area contributed by atoms with Gasteiger partial charge in [-0.25, -0.2) is 0 Å². The first-order valence-corrected chi connectivity index (χ1v) is 4.14. The summed E-state index contributed by atoms with van der Waals surface area (Å²) < 4.78 is 0. The standard InChI is InChI=1S/C9H16N2/c1-7(5-8(2)10)9-3-4-11-6-9/h5,9-11H,3-4,6H2,1-2H3/b7-5+,10-8?. The highest BCUT2D eigenvalue weighted by atomic mass is 14.9. The van der Waals surface area contributed by atoms with Crippen LogP contribution in [0.15, 0.2) is 11.6 Å². The Morgan fingerprint density at radius 3 is 2.73 bits per heavy atom. The maximum Gasteiger partial charge on any atom is 0.0282 e. The Bertz CT molecular complexity index is 176. The Morgan fingerprint density at radius 2 is 2.27 bits per heavy atom. The van der Waals surface area contributed by atoms with Gasteiger partial charge in [-0.15, -0.1) is 0 Å². The molecule has 0 aromatic carbocycles. The predicted molar refractivity (Wildman–Crippen MR) is 48.1 cm³/mol. The summed E-state index contributed by atoms with van der Waals surface area (Å²) in [6, 6.07) is 0. The summed E-state index contributed by atoms with van der Waals surface area (Å²) in [6.07, 6.45) is 3.20. The lowest BCUT2D eigenvalue weighted by Gasteiger charge is -2.07. The molecule has 11 heavy (non-hydrogen) atoms. The van der Waals surface area contributed by atoms with Crippen molar-refractivity contribution in [3.05, 3.63) is 11.6 Å². The molecule has 1 saturated heterocycles. The van der Waals surface area contributed by atoms with Crippen molar-refractivity contribution in [3.63, 3.8) is 0 Å². The lowest BCUT2D eigenvalue weighted by atomic mass is 9.99. The SMILES string of the molecule is CC(=N)/C=C(\C)C1CCNC1. The van der Waals surface area contributed by atoms with E-state index >= 15 is 0 Å². The third kappa shape index (κ3) is 2.46. The second-order valence-electron chi connectivity index (χ2n) is 3.26. The molecule has 0 radical (unpaired) electrons. The molecule has 1 fully saturated rings. The van der Waals surface area contributed by atoms with Crippen LogP contribution in [-0.4, -0.2) is 18.8 Å². The number of allylic oxidation sites excluding steroid dienone is 1. The average molecular weight is 152 g/mol. The molecule has 1 heterocycles. The Labute approximate surface area is 68.2 Å². The van der Waals surface area contributed by atoms with Gasteiger partial charge >= 0.3 is 0 Å². The van der Waals surface area contributed by atoms with Crippen molar-refractivity contribution >= 4 is 5.71 Å². The van der Waals surface area contributed by atoms with Crippen molar-refractivity contribution in [2.75, 3.05) is 13.1 Å². The summed E-state index contributed by atoms with van der Waals surface area (Å²) >= 11 is 0. The summed E-state index contributed by atoms with van der Waals surface area (Å²) in [4.78, 5) is 0. The van der Waals surface area contributed by atoms with Crippen LogP contribution in [-0.2, 0) is 0 Å². The maximum absolute atomic E-state index is 7.29.